The molecular weight excluding hydrogens is 215 g/mol. The van der Waals surface area contributed by atoms with Gasteiger partial charge >= 0.3 is 0 Å². The van der Waals surface area contributed by atoms with Crippen molar-refractivity contribution in [3.05, 3.63) is 34.7 Å². The number of benzene rings is 1. The number of fused-ring (bicyclic) bond motifs is 1. The van der Waals surface area contributed by atoms with Gasteiger partial charge in [0.2, 0.25) is 0 Å². The number of aromatic nitrogens is 1. The van der Waals surface area contributed by atoms with Crippen LogP contribution in [0.15, 0.2) is 18.3 Å². The molecule has 2 aromatic rings. The Labute approximate surface area is 92.2 Å². The minimum atomic E-state index is -0.309. The van der Waals surface area contributed by atoms with Crippen LogP contribution in [0.1, 0.15) is 12.0 Å². The molecule has 0 radical (unpaired) electrons. The fourth-order valence-electron chi connectivity index (χ4n) is 1.71. The summed E-state index contributed by atoms with van der Waals surface area (Å²) in [5.41, 5.74) is 7.02. The summed E-state index contributed by atoms with van der Waals surface area (Å²) in [5.74, 6) is -0.309. The largest absolute Gasteiger partial charge is 0.359 e. The Morgan fingerprint density at radius 3 is 2.93 bits per heavy atom. The molecule has 15 heavy (non-hydrogen) atoms. The van der Waals surface area contributed by atoms with Crippen molar-refractivity contribution in [2.45, 2.75) is 12.8 Å². The van der Waals surface area contributed by atoms with Gasteiger partial charge in [0, 0.05) is 16.6 Å². The van der Waals surface area contributed by atoms with Crippen molar-refractivity contribution in [3.8, 4) is 0 Å². The van der Waals surface area contributed by atoms with Gasteiger partial charge in [-0.25, -0.2) is 4.39 Å². The maximum Gasteiger partial charge on any atom is 0.148 e. The maximum absolute atomic E-state index is 13.4. The number of nitrogens with one attached hydrogen (secondary N) is 1. The Balaban J connectivity index is 2.49. The zero-order chi connectivity index (χ0) is 10.8. The van der Waals surface area contributed by atoms with Crippen molar-refractivity contribution in [1.29, 1.82) is 0 Å². The first-order valence-electron chi connectivity index (χ1n) is 4.87. The summed E-state index contributed by atoms with van der Waals surface area (Å²) in [6.45, 7) is 0.635. The zero-order valence-electron chi connectivity index (χ0n) is 8.19. The van der Waals surface area contributed by atoms with Crippen LogP contribution in [-0.4, -0.2) is 11.5 Å². The Morgan fingerprint density at radius 1 is 1.40 bits per heavy atom. The van der Waals surface area contributed by atoms with Crippen LogP contribution in [0.3, 0.4) is 0 Å². The number of halogens is 2. The van der Waals surface area contributed by atoms with E-state index in [1.165, 1.54) is 6.07 Å². The van der Waals surface area contributed by atoms with Crippen molar-refractivity contribution in [2.24, 2.45) is 5.73 Å². The monoisotopic (exact) mass is 226 g/mol. The van der Waals surface area contributed by atoms with E-state index in [0.29, 0.717) is 17.1 Å². The fourth-order valence-corrected chi connectivity index (χ4v) is 1.91. The van der Waals surface area contributed by atoms with Gasteiger partial charge < -0.3 is 10.7 Å². The third kappa shape index (κ3) is 1.98. The second kappa shape index (κ2) is 4.21. The van der Waals surface area contributed by atoms with Crippen LogP contribution in [0.5, 0.6) is 0 Å². The first-order chi connectivity index (χ1) is 7.22. The Bertz CT molecular complexity index is 479. The number of hydrogen-bond donors (Lipinski definition) is 2. The summed E-state index contributed by atoms with van der Waals surface area (Å²) in [5, 5.41) is 1.28. The summed E-state index contributed by atoms with van der Waals surface area (Å²) >= 11 is 5.81. The van der Waals surface area contributed by atoms with E-state index in [9.17, 15) is 4.39 Å². The summed E-state index contributed by atoms with van der Waals surface area (Å²) in [6.07, 6.45) is 3.55. The van der Waals surface area contributed by atoms with E-state index in [1.54, 1.807) is 6.07 Å². The number of nitrogens with two attached hydrogens (primary N) is 1. The molecule has 0 fully saturated rings. The molecule has 1 heterocycles. The minimum Gasteiger partial charge on any atom is -0.359 e. The van der Waals surface area contributed by atoms with Gasteiger partial charge in [0.25, 0.3) is 0 Å². The van der Waals surface area contributed by atoms with E-state index < -0.39 is 0 Å². The highest BCUT2D eigenvalue weighted by Crippen LogP contribution is 2.25. The molecule has 2 nitrogen and oxygen atoms in total. The van der Waals surface area contributed by atoms with E-state index in [-0.39, 0.29) is 5.82 Å². The van der Waals surface area contributed by atoms with Crippen LogP contribution in [0.2, 0.25) is 5.02 Å². The average molecular weight is 227 g/mol. The maximum atomic E-state index is 13.4. The number of aryl methyl sites for hydroxylation is 1. The zero-order valence-corrected chi connectivity index (χ0v) is 8.94. The molecule has 1 aromatic heterocycles. The lowest BCUT2D eigenvalue weighted by atomic mass is 10.1. The van der Waals surface area contributed by atoms with Crippen LogP contribution in [0.25, 0.3) is 10.9 Å². The van der Waals surface area contributed by atoms with E-state index >= 15 is 0 Å². The molecule has 0 bridgehead atoms. The predicted octanol–water partition coefficient (Wildman–Crippen LogP) is 2.85. The van der Waals surface area contributed by atoms with Crippen molar-refractivity contribution in [1.82, 2.24) is 4.98 Å². The molecule has 80 valence electrons. The molecule has 0 spiro atoms. The molecule has 1 aromatic carbocycles. The van der Waals surface area contributed by atoms with E-state index in [2.05, 4.69) is 4.98 Å². The lowest BCUT2D eigenvalue weighted by molar-refractivity contribution is 0.637. The van der Waals surface area contributed by atoms with E-state index in [1.807, 2.05) is 6.20 Å². The van der Waals surface area contributed by atoms with Crippen LogP contribution in [0.4, 0.5) is 4.39 Å². The van der Waals surface area contributed by atoms with E-state index in [0.717, 1.165) is 23.8 Å². The predicted molar refractivity (Wildman–Crippen MR) is 60.6 cm³/mol. The first-order valence-corrected chi connectivity index (χ1v) is 5.25. The molecule has 0 amide bonds. The normalized spacial score (nSPS) is 11.1. The van der Waals surface area contributed by atoms with Gasteiger partial charge in [-0.3, -0.25) is 0 Å². The molecule has 0 unspecified atom stereocenters. The highest BCUT2D eigenvalue weighted by Gasteiger charge is 2.08. The third-order valence-corrected chi connectivity index (χ3v) is 2.66. The van der Waals surface area contributed by atoms with Gasteiger partial charge in [-0.2, -0.15) is 0 Å². The quantitative estimate of drug-likeness (QED) is 0.830. The second-order valence-electron chi connectivity index (χ2n) is 3.52. The second-order valence-corrected chi connectivity index (χ2v) is 3.95. The molecule has 0 aliphatic carbocycles. The summed E-state index contributed by atoms with van der Waals surface area (Å²) in [6, 6.07) is 3.09. The van der Waals surface area contributed by atoms with Crippen molar-refractivity contribution in [2.75, 3.05) is 6.54 Å². The van der Waals surface area contributed by atoms with Gasteiger partial charge in [-0.05, 0) is 37.1 Å². The minimum absolute atomic E-state index is 0.309. The Hall–Kier alpha value is -1.06. The van der Waals surface area contributed by atoms with Gasteiger partial charge in [-0.1, -0.05) is 11.6 Å². The smallest absolute Gasteiger partial charge is 0.148 e. The van der Waals surface area contributed by atoms with Gasteiger partial charge in [0.05, 0.1) is 5.52 Å². The number of rotatable bonds is 3. The first kappa shape index (κ1) is 10.5. The fraction of sp³-hybridized carbons (Fsp3) is 0.273. The number of H-pyrrole nitrogens is 1. The van der Waals surface area contributed by atoms with Crippen LogP contribution >= 0.6 is 11.6 Å². The lowest BCUT2D eigenvalue weighted by Crippen LogP contribution is -1.99. The number of aromatic amines is 1. The molecule has 4 heteroatoms. The average Bonchev–Trinajstić information content (AvgIpc) is 2.58. The Morgan fingerprint density at radius 2 is 2.20 bits per heavy atom. The standard InChI is InChI=1S/C11H12ClFN2/c12-8-4-9-7(2-1-3-14)6-15-11(9)10(13)5-8/h4-6,15H,1-3,14H2. The van der Waals surface area contributed by atoms with Crippen LogP contribution in [-0.2, 0) is 6.42 Å². The van der Waals surface area contributed by atoms with Crippen LogP contribution < -0.4 is 5.73 Å². The van der Waals surface area contributed by atoms with Gasteiger partial charge in [0.1, 0.15) is 5.82 Å². The number of hydrogen-bond acceptors (Lipinski definition) is 1. The molecule has 2 rings (SSSR count). The lowest BCUT2D eigenvalue weighted by Gasteiger charge is -1.99. The highest BCUT2D eigenvalue weighted by atomic mass is 35.5. The SMILES string of the molecule is NCCCc1c[nH]c2c(F)cc(Cl)cc12. The van der Waals surface area contributed by atoms with E-state index in [4.69, 9.17) is 17.3 Å². The molecular formula is C11H12ClFN2. The summed E-state index contributed by atoms with van der Waals surface area (Å²) in [7, 11) is 0. The molecule has 0 aliphatic heterocycles. The van der Waals surface area contributed by atoms with Crippen molar-refractivity contribution in [3.63, 3.8) is 0 Å². The molecule has 0 atom stereocenters. The molecule has 0 aliphatic rings. The summed E-state index contributed by atoms with van der Waals surface area (Å²) < 4.78 is 13.4. The van der Waals surface area contributed by atoms with Crippen LogP contribution in [0, 0.1) is 5.82 Å². The molecule has 0 saturated heterocycles. The van der Waals surface area contributed by atoms with Gasteiger partial charge in [0.15, 0.2) is 0 Å². The third-order valence-electron chi connectivity index (χ3n) is 2.44. The topological polar surface area (TPSA) is 41.8 Å². The summed E-state index contributed by atoms with van der Waals surface area (Å²) in [4.78, 5) is 2.92. The van der Waals surface area contributed by atoms with Crippen molar-refractivity contribution >= 4 is 22.5 Å². The molecule has 3 N–H and O–H groups in total. The highest BCUT2D eigenvalue weighted by molar-refractivity contribution is 6.31. The van der Waals surface area contributed by atoms with Crippen molar-refractivity contribution < 1.29 is 4.39 Å². The Kier molecular flexibility index (Phi) is 2.93. The molecule has 0 saturated carbocycles. The van der Waals surface area contributed by atoms with Gasteiger partial charge in [-0.15, -0.1) is 0 Å².